The Morgan fingerprint density at radius 2 is 1.84 bits per heavy atom. The second-order valence-corrected chi connectivity index (χ2v) is 9.32. The summed E-state index contributed by atoms with van der Waals surface area (Å²) in [5, 5.41) is 0. The van der Waals surface area contributed by atoms with E-state index in [1.807, 2.05) is 18.2 Å². The van der Waals surface area contributed by atoms with Crippen molar-refractivity contribution < 1.29 is 22.7 Å². The van der Waals surface area contributed by atoms with E-state index in [0.717, 1.165) is 18.4 Å². The van der Waals surface area contributed by atoms with Gasteiger partial charge in [0, 0.05) is 30.8 Å². The number of benzene rings is 2. The number of carbonyl (C=O) groups excluding carboxylic acids is 1. The van der Waals surface area contributed by atoms with Crippen molar-refractivity contribution in [2.45, 2.75) is 37.6 Å². The molecule has 0 aromatic heterocycles. The summed E-state index contributed by atoms with van der Waals surface area (Å²) in [4.78, 5) is 15.3. The molecule has 0 aliphatic carbocycles. The van der Waals surface area contributed by atoms with Crippen LogP contribution < -0.4 is 9.47 Å². The van der Waals surface area contributed by atoms with E-state index >= 15 is 0 Å². The zero-order valence-electron chi connectivity index (χ0n) is 18.5. The summed E-state index contributed by atoms with van der Waals surface area (Å²) in [6, 6.07) is 11.7. The molecule has 1 unspecified atom stereocenters. The molecule has 0 N–H and O–H groups in total. The van der Waals surface area contributed by atoms with Gasteiger partial charge in [-0.25, -0.2) is 8.42 Å². The molecule has 1 aliphatic rings. The molecule has 1 saturated heterocycles. The zero-order chi connectivity index (χ0) is 22.6. The first-order valence-corrected chi connectivity index (χ1v) is 11.9. The topological polar surface area (TPSA) is 76.2 Å². The van der Waals surface area contributed by atoms with Gasteiger partial charge in [-0.2, -0.15) is 4.31 Å². The van der Waals surface area contributed by atoms with Crippen LogP contribution in [0.1, 0.15) is 48.7 Å². The van der Waals surface area contributed by atoms with Gasteiger partial charge in [0.05, 0.1) is 25.2 Å². The van der Waals surface area contributed by atoms with Gasteiger partial charge in [-0.1, -0.05) is 19.9 Å². The molecule has 2 aromatic rings. The summed E-state index contributed by atoms with van der Waals surface area (Å²) < 4.78 is 38.1. The molecule has 1 amide bonds. The summed E-state index contributed by atoms with van der Waals surface area (Å²) in [6.45, 7) is 4.94. The highest BCUT2D eigenvalue weighted by Crippen LogP contribution is 2.39. The van der Waals surface area contributed by atoms with Crippen LogP contribution in [0.15, 0.2) is 47.4 Å². The summed E-state index contributed by atoms with van der Waals surface area (Å²) in [5.41, 5.74) is 1.25. The Labute approximate surface area is 184 Å². The molecule has 3 rings (SSSR count). The van der Waals surface area contributed by atoms with Crippen LogP contribution in [-0.4, -0.2) is 57.4 Å². The number of likely N-dealkylation sites (tertiary alicyclic amines) is 1. The summed E-state index contributed by atoms with van der Waals surface area (Å²) in [7, 11) is -0.433. The molecule has 1 fully saturated rings. The number of amides is 1. The van der Waals surface area contributed by atoms with Gasteiger partial charge in [0.2, 0.25) is 10.0 Å². The first-order chi connectivity index (χ1) is 14.9. The fraction of sp³-hybridized carbons (Fsp3) is 0.435. The maximum absolute atomic E-state index is 13.4. The molecule has 1 aliphatic heterocycles. The van der Waals surface area contributed by atoms with Crippen LogP contribution in [0, 0.1) is 0 Å². The maximum atomic E-state index is 13.4. The van der Waals surface area contributed by atoms with Gasteiger partial charge in [0.1, 0.15) is 11.5 Å². The van der Waals surface area contributed by atoms with E-state index in [1.54, 1.807) is 45.1 Å². The minimum Gasteiger partial charge on any atom is -0.497 e. The van der Waals surface area contributed by atoms with Crippen molar-refractivity contribution in [1.82, 2.24) is 9.21 Å². The standard InChI is InChI=1S/C23H30N2O5S/c1-5-24(6-2)31(27,28)19-10-7-9-17(15-19)23(26)25-14-8-11-21(25)20-16-18(29-3)12-13-22(20)30-4/h7,9-10,12-13,15-16,21H,5-6,8,11,14H2,1-4H3. The summed E-state index contributed by atoms with van der Waals surface area (Å²) >= 11 is 0. The molecule has 1 heterocycles. The molecule has 8 heteroatoms. The van der Waals surface area contributed by atoms with Gasteiger partial charge in [-0.3, -0.25) is 4.79 Å². The molecule has 7 nitrogen and oxygen atoms in total. The second kappa shape index (κ2) is 9.70. The van der Waals surface area contributed by atoms with E-state index in [-0.39, 0.29) is 16.8 Å². The molecule has 2 aromatic carbocycles. The highest BCUT2D eigenvalue weighted by Gasteiger charge is 2.33. The molecular formula is C23H30N2O5S. The fourth-order valence-electron chi connectivity index (χ4n) is 4.10. The number of hydrogen-bond donors (Lipinski definition) is 0. The number of nitrogens with zero attached hydrogens (tertiary/aromatic N) is 2. The molecule has 0 spiro atoms. The SMILES string of the molecule is CCN(CC)S(=O)(=O)c1cccc(C(=O)N2CCCC2c2cc(OC)ccc2OC)c1. The molecular weight excluding hydrogens is 416 g/mol. The second-order valence-electron chi connectivity index (χ2n) is 7.38. The van der Waals surface area contributed by atoms with Crippen LogP contribution in [0.3, 0.4) is 0 Å². The van der Waals surface area contributed by atoms with Crippen LogP contribution in [0.2, 0.25) is 0 Å². The summed E-state index contributed by atoms with van der Waals surface area (Å²) in [6.07, 6.45) is 1.65. The highest BCUT2D eigenvalue weighted by atomic mass is 32.2. The van der Waals surface area contributed by atoms with Crippen LogP contribution in [-0.2, 0) is 10.0 Å². The largest absolute Gasteiger partial charge is 0.497 e. The average molecular weight is 447 g/mol. The minimum atomic E-state index is -3.64. The lowest BCUT2D eigenvalue weighted by atomic mass is 10.0. The van der Waals surface area contributed by atoms with E-state index in [2.05, 4.69) is 0 Å². The predicted molar refractivity (Wildman–Crippen MR) is 119 cm³/mol. The monoisotopic (exact) mass is 446 g/mol. The van der Waals surface area contributed by atoms with Gasteiger partial charge >= 0.3 is 0 Å². The molecule has 0 saturated carbocycles. The van der Waals surface area contributed by atoms with Crippen molar-refractivity contribution in [2.24, 2.45) is 0 Å². The molecule has 31 heavy (non-hydrogen) atoms. The number of sulfonamides is 1. The third-order valence-corrected chi connectivity index (χ3v) is 7.78. The van der Waals surface area contributed by atoms with Crippen LogP contribution >= 0.6 is 0 Å². The predicted octanol–water partition coefficient (Wildman–Crippen LogP) is 3.71. The smallest absolute Gasteiger partial charge is 0.254 e. The van der Waals surface area contributed by atoms with Gasteiger partial charge in [0.25, 0.3) is 5.91 Å². The number of methoxy groups -OCH3 is 2. The van der Waals surface area contributed by atoms with Gasteiger partial charge < -0.3 is 14.4 Å². The van der Waals surface area contributed by atoms with Crippen LogP contribution in [0.4, 0.5) is 0 Å². The quantitative estimate of drug-likeness (QED) is 0.618. The summed E-state index contributed by atoms with van der Waals surface area (Å²) in [5.74, 6) is 1.20. The Bertz CT molecular complexity index is 1030. The van der Waals surface area contributed by atoms with Gasteiger partial charge in [0.15, 0.2) is 0 Å². The minimum absolute atomic E-state index is 0.136. The van der Waals surface area contributed by atoms with Crippen LogP contribution in [0.5, 0.6) is 11.5 Å². The fourth-order valence-corrected chi connectivity index (χ4v) is 5.61. The van der Waals surface area contributed by atoms with Gasteiger partial charge in [-0.05, 0) is 49.2 Å². The lowest BCUT2D eigenvalue weighted by Gasteiger charge is -2.27. The van der Waals surface area contributed by atoms with Crippen molar-refractivity contribution >= 4 is 15.9 Å². The van der Waals surface area contributed by atoms with E-state index < -0.39 is 10.0 Å². The Hall–Kier alpha value is -2.58. The number of carbonyl (C=O) groups is 1. The maximum Gasteiger partial charge on any atom is 0.254 e. The Balaban J connectivity index is 1.95. The number of ether oxygens (including phenoxy) is 2. The van der Waals surface area contributed by atoms with Crippen molar-refractivity contribution in [3.8, 4) is 11.5 Å². The number of rotatable bonds is 8. The lowest BCUT2D eigenvalue weighted by molar-refractivity contribution is 0.0733. The van der Waals surface area contributed by atoms with Crippen molar-refractivity contribution in [2.75, 3.05) is 33.9 Å². The molecule has 0 bridgehead atoms. The highest BCUT2D eigenvalue weighted by molar-refractivity contribution is 7.89. The third-order valence-electron chi connectivity index (χ3n) is 5.73. The first kappa shape index (κ1) is 23.1. The normalized spacial score (nSPS) is 16.5. The zero-order valence-corrected chi connectivity index (χ0v) is 19.3. The molecule has 0 radical (unpaired) electrons. The van der Waals surface area contributed by atoms with Crippen molar-refractivity contribution in [3.05, 3.63) is 53.6 Å². The third kappa shape index (κ3) is 4.55. The Morgan fingerprint density at radius 1 is 1.10 bits per heavy atom. The molecule has 1 atom stereocenters. The number of hydrogen-bond acceptors (Lipinski definition) is 5. The van der Waals surface area contributed by atoms with E-state index in [4.69, 9.17) is 9.47 Å². The Kier molecular flexibility index (Phi) is 7.23. The molecule has 168 valence electrons. The van der Waals surface area contributed by atoms with E-state index in [9.17, 15) is 13.2 Å². The first-order valence-electron chi connectivity index (χ1n) is 10.5. The van der Waals surface area contributed by atoms with Gasteiger partial charge in [-0.15, -0.1) is 0 Å². The van der Waals surface area contributed by atoms with Crippen molar-refractivity contribution in [1.29, 1.82) is 0 Å². The van der Waals surface area contributed by atoms with Crippen molar-refractivity contribution in [3.63, 3.8) is 0 Å². The van der Waals surface area contributed by atoms with E-state index in [0.29, 0.717) is 36.7 Å². The Morgan fingerprint density at radius 3 is 2.48 bits per heavy atom. The van der Waals surface area contributed by atoms with Crippen LogP contribution in [0.25, 0.3) is 0 Å². The average Bonchev–Trinajstić information content (AvgIpc) is 3.28. The lowest BCUT2D eigenvalue weighted by Crippen LogP contribution is -2.32. The van der Waals surface area contributed by atoms with E-state index in [1.165, 1.54) is 16.4 Å².